The fourth-order valence-corrected chi connectivity index (χ4v) is 2.96. The summed E-state index contributed by atoms with van der Waals surface area (Å²) in [6.07, 6.45) is 12.9. The van der Waals surface area contributed by atoms with E-state index < -0.39 is 0 Å². The first-order valence-corrected chi connectivity index (χ1v) is 10.3. The molecule has 0 bridgehead atoms. The third-order valence-corrected chi connectivity index (χ3v) is 4.66. The van der Waals surface area contributed by atoms with Crippen molar-refractivity contribution in [1.82, 2.24) is 4.90 Å². The Labute approximate surface area is 170 Å². The Bertz CT molecular complexity index is 589. The van der Waals surface area contributed by atoms with Gasteiger partial charge in [0.2, 0.25) is 0 Å². The second kappa shape index (κ2) is 12.4. The molecule has 0 fully saturated rings. The molecule has 0 aromatic heterocycles. The fourth-order valence-electron chi connectivity index (χ4n) is 2.96. The average Bonchev–Trinajstić information content (AvgIpc) is 2.61. The van der Waals surface area contributed by atoms with Crippen molar-refractivity contribution in [2.45, 2.75) is 72.0 Å². The van der Waals surface area contributed by atoms with Gasteiger partial charge in [-0.2, -0.15) is 0 Å². The summed E-state index contributed by atoms with van der Waals surface area (Å²) >= 11 is 0. The first-order chi connectivity index (χ1) is 13.2. The summed E-state index contributed by atoms with van der Waals surface area (Å²) in [7, 11) is 3.36. The van der Waals surface area contributed by atoms with Crippen LogP contribution in [0.25, 0.3) is 0 Å². The van der Waals surface area contributed by atoms with Crippen LogP contribution in [0.4, 0.5) is 4.79 Å². The third kappa shape index (κ3) is 9.25. The quantitative estimate of drug-likeness (QED) is 0.372. The minimum Gasteiger partial charge on any atom is -0.457 e. The van der Waals surface area contributed by atoms with E-state index in [4.69, 9.17) is 9.47 Å². The minimum atomic E-state index is -0.340. The molecule has 0 aromatic carbocycles. The fraction of sp³-hybridized carbons (Fsp3) is 0.652. The van der Waals surface area contributed by atoms with Crippen molar-refractivity contribution in [2.24, 2.45) is 11.8 Å². The van der Waals surface area contributed by atoms with Crippen LogP contribution >= 0.6 is 0 Å². The molecular formula is C23H37NO4. The molecule has 1 aliphatic heterocycles. The lowest BCUT2D eigenvalue weighted by Gasteiger charge is -2.24. The molecule has 158 valence electrons. The molecule has 28 heavy (non-hydrogen) atoms. The molecule has 0 saturated carbocycles. The Morgan fingerprint density at radius 1 is 1.25 bits per heavy atom. The number of nitrogens with zero attached hydrogens (tertiary/aromatic N) is 1. The number of carbonyl (C=O) groups is 2. The molecule has 0 unspecified atom stereocenters. The molecule has 1 amide bonds. The van der Waals surface area contributed by atoms with Gasteiger partial charge in [-0.3, -0.25) is 4.79 Å². The van der Waals surface area contributed by atoms with Crippen LogP contribution in [0, 0.1) is 11.8 Å². The predicted molar refractivity (Wildman–Crippen MR) is 113 cm³/mol. The van der Waals surface area contributed by atoms with Gasteiger partial charge in [0.1, 0.15) is 12.2 Å². The van der Waals surface area contributed by atoms with Gasteiger partial charge in [0.15, 0.2) is 0 Å². The second-order valence-electron chi connectivity index (χ2n) is 8.11. The Kier molecular flexibility index (Phi) is 10.6. The minimum absolute atomic E-state index is 0.0207. The van der Waals surface area contributed by atoms with E-state index in [0.717, 1.165) is 31.3 Å². The van der Waals surface area contributed by atoms with Crippen molar-refractivity contribution >= 4 is 12.1 Å². The number of hydrogen-bond acceptors (Lipinski definition) is 4. The van der Waals surface area contributed by atoms with E-state index in [1.54, 1.807) is 14.1 Å². The second-order valence-corrected chi connectivity index (χ2v) is 8.11. The van der Waals surface area contributed by atoms with Crippen molar-refractivity contribution in [3.63, 3.8) is 0 Å². The molecule has 0 spiro atoms. The summed E-state index contributed by atoms with van der Waals surface area (Å²) < 4.78 is 11.4. The number of amides is 1. The maximum Gasteiger partial charge on any atom is 0.409 e. The number of rotatable bonds is 4. The molecular weight excluding hydrogens is 354 g/mol. The van der Waals surface area contributed by atoms with Crippen LogP contribution < -0.4 is 0 Å². The van der Waals surface area contributed by atoms with Gasteiger partial charge in [0.25, 0.3) is 0 Å². The average molecular weight is 392 g/mol. The summed E-state index contributed by atoms with van der Waals surface area (Å²) in [4.78, 5) is 25.6. The van der Waals surface area contributed by atoms with E-state index in [-0.39, 0.29) is 30.2 Å². The molecule has 0 aromatic rings. The van der Waals surface area contributed by atoms with Crippen molar-refractivity contribution in [1.29, 1.82) is 0 Å². The highest BCUT2D eigenvalue weighted by Gasteiger charge is 2.23. The van der Waals surface area contributed by atoms with Gasteiger partial charge in [-0.15, -0.1) is 0 Å². The zero-order valence-electron chi connectivity index (χ0n) is 18.3. The SMILES string of the molecule is C/C(=C\C=C\C(C)C)[C@H]1OC(=O)CCCCC[C@@H](OC(=O)N(C)C)/C=C/[C@@H]1C. The zero-order chi connectivity index (χ0) is 21.1. The van der Waals surface area contributed by atoms with Crippen molar-refractivity contribution in [3.05, 3.63) is 36.0 Å². The van der Waals surface area contributed by atoms with Gasteiger partial charge in [-0.05, 0) is 43.8 Å². The van der Waals surface area contributed by atoms with Gasteiger partial charge in [-0.1, -0.05) is 51.5 Å². The standard InChI is InChI=1S/C23H37NO4/c1-17(2)11-10-12-18(3)22-19(4)15-16-20(27-23(26)24(5)6)13-8-7-9-14-21(25)28-22/h10-12,15-17,19-20,22H,7-9,13-14H2,1-6H3/b11-10+,16-15+,18-12+/t19-,20+,22+/m0/s1. The van der Waals surface area contributed by atoms with E-state index in [0.29, 0.717) is 12.3 Å². The molecule has 5 heteroatoms. The lowest BCUT2D eigenvalue weighted by atomic mass is 9.95. The lowest BCUT2D eigenvalue weighted by molar-refractivity contribution is -0.148. The Morgan fingerprint density at radius 3 is 2.61 bits per heavy atom. The smallest absolute Gasteiger partial charge is 0.409 e. The van der Waals surface area contributed by atoms with Crippen LogP contribution in [0.3, 0.4) is 0 Å². The number of cyclic esters (lactones) is 1. The molecule has 3 atom stereocenters. The summed E-state index contributed by atoms with van der Waals surface area (Å²) in [6.45, 7) is 8.25. The molecule has 5 nitrogen and oxygen atoms in total. The van der Waals surface area contributed by atoms with E-state index >= 15 is 0 Å². The van der Waals surface area contributed by atoms with Crippen LogP contribution in [0.5, 0.6) is 0 Å². The highest BCUT2D eigenvalue weighted by Crippen LogP contribution is 2.22. The van der Waals surface area contributed by atoms with Crippen molar-refractivity contribution in [3.8, 4) is 0 Å². The van der Waals surface area contributed by atoms with Crippen LogP contribution in [0.1, 0.15) is 59.8 Å². The van der Waals surface area contributed by atoms with Crippen molar-refractivity contribution < 1.29 is 19.1 Å². The zero-order valence-corrected chi connectivity index (χ0v) is 18.3. The number of esters is 1. The number of ether oxygens (including phenoxy) is 2. The van der Waals surface area contributed by atoms with Gasteiger partial charge >= 0.3 is 12.1 Å². The highest BCUT2D eigenvalue weighted by atomic mass is 16.6. The Morgan fingerprint density at radius 2 is 1.96 bits per heavy atom. The molecule has 1 heterocycles. The van der Waals surface area contributed by atoms with Crippen LogP contribution in [0.2, 0.25) is 0 Å². The number of allylic oxidation sites excluding steroid dienone is 3. The van der Waals surface area contributed by atoms with E-state index in [1.807, 2.05) is 38.2 Å². The highest BCUT2D eigenvalue weighted by molar-refractivity contribution is 5.70. The van der Waals surface area contributed by atoms with Crippen LogP contribution in [0.15, 0.2) is 36.0 Å². The van der Waals surface area contributed by atoms with Crippen LogP contribution in [-0.4, -0.2) is 43.3 Å². The monoisotopic (exact) mass is 391 g/mol. The maximum absolute atomic E-state index is 12.3. The molecule has 1 rings (SSSR count). The molecule has 0 saturated heterocycles. The first-order valence-electron chi connectivity index (χ1n) is 10.3. The molecule has 1 aliphatic rings. The molecule has 0 N–H and O–H groups in total. The number of hydrogen-bond donors (Lipinski definition) is 0. The first kappa shape index (κ1) is 24.0. The number of carbonyl (C=O) groups excluding carboxylic acids is 2. The van der Waals surface area contributed by atoms with Crippen LogP contribution in [-0.2, 0) is 14.3 Å². The van der Waals surface area contributed by atoms with Gasteiger partial charge in [0, 0.05) is 26.4 Å². The lowest BCUT2D eigenvalue weighted by Crippen LogP contribution is -2.28. The summed E-state index contributed by atoms with van der Waals surface area (Å²) in [5.74, 6) is 0.294. The summed E-state index contributed by atoms with van der Waals surface area (Å²) in [6, 6.07) is 0. The summed E-state index contributed by atoms with van der Waals surface area (Å²) in [5.41, 5.74) is 1.00. The predicted octanol–water partition coefficient (Wildman–Crippen LogP) is 5.28. The molecule has 0 aliphatic carbocycles. The Hall–Kier alpha value is -2.04. The van der Waals surface area contributed by atoms with E-state index in [9.17, 15) is 9.59 Å². The summed E-state index contributed by atoms with van der Waals surface area (Å²) in [5, 5.41) is 0. The van der Waals surface area contributed by atoms with E-state index in [2.05, 4.69) is 19.9 Å². The van der Waals surface area contributed by atoms with E-state index in [1.165, 1.54) is 4.90 Å². The van der Waals surface area contributed by atoms with Gasteiger partial charge < -0.3 is 14.4 Å². The normalized spacial score (nSPS) is 26.3. The largest absolute Gasteiger partial charge is 0.457 e. The Balaban J connectivity index is 3.01. The van der Waals surface area contributed by atoms with Gasteiger partial charge in [0.05, 0.1) is 0 Å². The van der Waals surface area contributed by atoms with Gasteiger partial charge in [-0.25, -0.2) is 4.79 Å². The van der Waals surface area contributed by atoms with Crippen molar-refractivity contribution in [2.75, 3.05) is 14.1 Å². The maximum atomic E-state index is 12.3. The molecule has 0 radical (unpaired) electrons. The topological polar surface area (TPSA) is 55.8 Å². The third-order valence-electron chi connectivity index (χ3n) is 4.66.